The van der Waals surface area contributed by atoms with E-state index in [1.807, 2.05) is 29.2 Å². The molecule has 1 N–H and O–H groups in total. The van der Waals surface area contributed by atoms with Crippen molar-refractivity contribution in [2.24, 2.45) is 0 Å². The van der Waals surface area contributed by atoms with Crippen LogP contribution in [-0.4, -0.2) is 42.5 Å². The van der Waals surface area contributed by atoms with E-state index < -0.39 is 0 Å². The Hall–Kier alpha value is -2.66. The number of amides is 2. The number of ether oxygens (including phenoxy) is 1. The molecular weight excluding hydrogens is 352 g/mol. The standard InChI is InChI=1S/C23H26N2O3/c26-22(21-10-5-15-28-21)24-20-9-4-8-19(16-20)23(27)25-13-11-18(12-14-25)17-6-2-1-3-7-17/h1-4,6-9,16,18,21H,5,10-15H2,(H,24,26). The lowest BCUT2D eigenvalue weighted by atomic mass is 9.89. The molecule has 5 nitrogen and oxygen atoms in total. The zero-order chi connectivity index (χ0) is 19.3. The number of piperidine rings is 1. The van der Waals surface area contributed by atoms with E-state index in [9.17, 15) is 9.59 Å². The van der Waals surface area contributed by atoms with Gasteiger partial charge in [-0.15, -0.1) is 0 Å². The van der Waals surface area contributed by atoms with Gasteiger partial charge in [0.15, 0.2) is 0 Å². The average Bonchev–Trinajstić information content (AvgIpc) is 3.29. The Morgan fingerprint density at radius 1 is 0.964 bits per heavy atom. The Morgan fingerprint density at radius 3 is 2.46 bits per heavy atom. The number of benzene rings is 2. The van der Waals surface area contributed by atoms with Crippen molar-refractivity contribution in [1.29, 1.82) is 0 Å². The van der Waals surface area contributed by atoms with Crippen LogP contribution in [0, 0.1) is 0 Å². The van der Waals surface area contributed by atoms with E-state index in [0.29, 0.717) is 23.8 Å². The summed E-state index contributed by atoms with van der Waals surface area (Å²) in [5, 5.41) is 2.88. The van der Waals surface area contributed by atoms with Crippen LogP contribution >= 0.6 is 0 Å². The Balaban J connectivity index is 1.36. The smallest absolute Gasteiger partial charge is 0.253 e. The molecule has 1 atom stereocenters. The summed E-state index contributed by atoms with van der Waals surface area (Å²) in [4.78, 5) is 27.1. The molecule has 28 heavy (non-hydrogen) atoms. The van der Waals surface area contributed by atoms with Crippen molar-refractivity contribution in [2.45, 2.75) is 37.7 Å². The van der Waals surface area contributed by atoms with Gasteiger partial charge in [-0.2, -0.15) is 0 Å². The van der Waals surface area contributed by atoms with E-state index >= 15 is 0 Å². The minimum Gasteiger partial charge on any atom is -0.368 e. The van der Waals surface area contributed by atoms with Crippen LogP contribution in [-0.2, 0) is 9.53 Å². The number of anilines is 1. The first-order valence-electron chi connectivity index (χ1n) is 10.1. The summed E-state index contributed by atoms with van der Waals surface area (Å²) in [6.07, 6.45) is 3.24. The lowest BCUT2D eigenvalue weighted by Crippen LogP contribution is -2.38. The van der Waals surface area contributed by atoms with Crippen molar-refractivity contribution in [3.8, 4) is 0 Å². The molecule has 2 aliphatic rings. The molecule has 0 aliphatic carbocycles. The van der Waals surface area contributed by atoms with Gasteiger partial charge in [0.2, 0.25) is 0 Å². The van der Waals surface area contributed by atoms with Gasteiger partial charge in [0.25, 0.3) is 11.8 Å². The highest BCUT2D eigenvalue weighted by Gasteiger charge is 2.26. The number of hydrogen-bond donors (Lipinski definition) is 1. The summed E-state index contributed by atoms with van der Waals surface area (Å²) in [6.45, 7) is 2.14. The first kappa shape index (κ1) is 18.7. The maximum Gasteiger partial charge on any atom is 0.253 e. The second-order valence-electron chi connectivity index (χ2n) is 7.55. The lowest BCUT2D eigenvalue weighted by Gasteiger charge is -2.32. The van der Waals surface area contributed by atoms with Crippen molar-refractivity contribution in [3.63, 3.8) is 0 Å². The van der Waals surface area contributed by atoms with E-state index in [0.717, 1.165) is 38.8 Å². The van der Waals surface area contributed by atoms with Gasteiger partial charge >= 0.3 is 0 Å². The highest BCUT2D eigenvalue weighted by Crippen LogP contribution is 2.28. The molecule has 2 saturated heterocycles. The molecule has 2 aromatic rings. The average molecular weight is 378 g/mol. The molecule has 2 heterocycles. The van der Waals surface area contributed by atoms with Crippen LogP contribution < -0.4 is 5.32 Å². The lowest BCUT2D eigenvalue weighted by molar-refractivity contribution is -0.124. The van der Waals surface area contributed by atoms with Crippen LogP contribution in [0.25, 0.3) is 0 Å². The highest BCUT2D eigenvalue weighted by atomic mass is 16.5. The molecule has 2 amide bonds. The number of rotatable bonds is 4. The van der Waals surface area contributed by atoms with E-state index in [1.165, 1.54) is 5.56 Å². The third-order valence-corrected chi connectivity index (χ3v) is 5.65. The van der Waals surface area contributed by atoms with Gasteiger partial charge in [0.05, 0.1) is 0 Å². The number of hydrogen-bond acceptors (Lipinski definition) is 3. The van der Waals surface area contributed by atoms with Gasteiger partial charge in [-0.3, -0.25) is 9.59 Å². The van der Waals surface area contributed by atoms with Crippen LogP contribution in [0.3, 0.4) is 0 Å². The molecular formula is C23H26N2O3. The minimum atomic E-state index is -0.378. The van der Waals surface area contributed by atoms with Crippen molar-refractivity contribution >= 4 is 17.5 Å². The Morgan fingerprint density at radius 2 is 1.75 bits per heavy atom. The van der Waals surface area contributed by atoms with Gasteiger partial charge in [-0.25, -0.2) is 0 Å². The molecule has 146 valence electrons. The normalized spacial score (nSPS) is 20.1. The topological polar surface area (TPSA) is 58.6 Å². The molecule has 4 rings (SSSR count). The molecule has 0 spiro atoms. The molecule has 5 heteroatoms. The van der Waals surface area contributed by atoms with Gasteiger partial charge in [0.1, 0.15) is 6.10 Å². The highest BCUT2D eigenvalue weighted by molar-refractivity contribution is 5.98. The number of carbonyl (C=O) groups excluding carboxylic acids is 2. The number of likely N-dealkylation sites (tertiary alicyclic amines) is 1. The maximum atomic E-state index is 12.9. The second kappa shape index (κ2) is 8.57. The Bertz CT molecular complexity index is 823. The molecule has 0 saturated carbocycles. The first-order valence-corrected chi connectivity index (χ1v) is 10.1. The van der Waals surface area contributed by atoms with Gasteiger partial charge in [0, 0.05) is 30.9 Å². The van der Waals surface area contributed by atoms with Gasteiger partial charge in [-0.05, 0) is 55.4 Å². The zero-order valence-electron chi connectivity index (χ0n) is 16.0. The number of nitrogens with one attached hydrogen (secondary N) is 1. The van der Waals surface area contributed by atoms with Crippen molar-refractivity contribution < 1.29 is 14.3 Å². The van der Waals surface area contributed by atoms with Crippen LogP contribution in [0.2, 0.25) is 0 Å². The minimum absolute atomic E-state index is 0.0275. The largest absolute Gasteiger partial charge is 0.368 e. The van der Waals surface area contributed by atoms with Gasteiger partial charge < -0.3 is 15.0 Å². The molecule has 2 aliphatic heterocycles. The molecule has 0 radical (unpaired) electrons. The van der Waals surface area contributed by atoms with Gasteiger partial charge in [-0.1, -0.05) is 36.4 Å². The fourth-order valence-corrected chi connectivity index (χ4v) is 4.06. The summed E-state index contributed by atoms with van der Waals surface area (Å²) in [6, 6.07) is 17.7. The van der Waals surface area contributed by atoms with Crippen molar-refractivity contribution in [1.82, 2.24) is 4.90 Å². The number of nitrogens with zero attached hydrogens (tertiary/aromatic N) is 1. The van der Waals surface area contributed by atoms with Crippen LogP contribution in [0.15, 0.2) is 54.6 Å². The molecule has 2 aromatic carbocycles. The monoisotopic (exact) mass is 378 g/mol. The zero-order valence-corrected chi connectivity index (χ0v) is 16.0. The van der Waals surface area contributed by atoms with E-state index in [-0.39, 0.29) is 17.9 Å². The summed E-state index contributed by atoms with van der Waals surface area (Å²) >= 11 is 0. The second-order valence-corrected chi connectivity index (χ2v) is 7.55. The Kier molecular flexibility index (Phi) is 5.72. The molecule has 0 bridgehead atoms. The first-order chi connectivity index (χ1) is 13.7. The molecule has 2 fully saturated rings. The predicted molar refractivity (Wildman–Crippen MR) is 108 cm³/mol. The summed E-state index contributed by atoms with van der Waals surface area (Å²) < 4.78 is 5.42. The maximum absolute atomic E-state index is 12.9. The summed E-state index contributed by atoms with van der Waals surface area (Å²) in [5.41, 5.74) is 2.61. The quantitative estimate of drug-likeness (QED) is 0.880. The fraction of sp³-hybridized carbons (Fsp3) is 0.391. The molecule has 1 unspecified atom stereocenters. The third-order valence-electron chi connectivity index (χ3n) is 5.65. The van der Waals surface area contributed by atoms with E-state index in [4.69, 9.17) is 4.74 Å². The van der Waals surface area contributed by atoms with Crippen LogP contribution in [0.4, 0.5) is 5.69 Å². The summed E-state index contributed by atoms with van der Waals surface area (Å²) in [5.74, 6) is 0.410. The van der Waals surface area contributed by atoms with Crippen molar-refractivity contribution in [3.05, 3.63) is 65.7 Å². The Labute approximate surface area is 165 Å². The summed E-state index contributed by atoms with van der Waals surface area (Å²) in [7, 11) is 0. The van der Waals surface area contributed by atoms with Crippen LogP contribution in [0.1, 0.15) is 47.5 Å². The SMILES string of the molecule is O=C(Nc1cccc(C(=O)N2CCC(c3ccccc3)CC2)c1)C1CCCO1. The van der Waals surface area contributed by atoms with E-state index in [2.05, 4.69) is 29.6 Å². The van der Waals surface area contributed by atoms with E-state index in [1.54, 1.807) is 6.07 Å². The number of carbonyl (C=O) groups is 2. The molecule has 0 aromatic heterocycles. The third kappa shape index (κ3) is 4.25. The predicted octanol–water partition coefficient (Wildman–Crippen LogP) is 3.82. The van der Waals surface area contributed by atoms with Crippen LogP contribution in [0.5, 0.6) is 0 Å². The van der Waals surface area contributed by atoms with Crippen molar-refractivity contribution in [2.75, 3.05) is 25.0 Å². The fourth-order valence-electron chi connectivity index (χ4n) is 4.06.